The van der Waals surface area contributed by atoms with Gasteiger partial charge in [0.25, 0.3) is 0 Å². The summed E-state index contributed by atoms with van der Waals surface area (Å²) in [6, 6.07) is 9.32. The van der Waals surface area contributed by atoms with E-state index in [-0.39, 0.29) is 0 Å². The number of benzene rings is 1. The molecule has 4 heteroatoms. The van der Waals surface area contributed by atoms with E-state index >= 15 is 0 Å². The zero-order chi connectivity index (χ0) is 10.5. The number of sulfonamides is 1. The molecule has 1 heterocycles. The van der Waals surface area contributed by atoms with Crippen molar-refractivity contribution in [3.63, 3.8) is 0 Å². The molecule has 15 heavy (non-hydrogen) atoms. The van der Waals surface area contributed by atoms with Gasteiger partial charge < -0.3 is 0 Å². The first-order valence-corrected chi connectivity index (χ1v) is 6.74. The zero-order valence-corrected chi connectivity index (χ0v) is 9.15. The highest BCUT2D eigenvalue weighted by Crippen LogP contribution is 2.46. The number of rotatable bonds is 2. The summed E-state index contributed by atoms with van der Waals surface area (Å²) in [4.78, 5) is 0.430. The maximum absolute atomic E-state index is 12.1. The average molecular weight is 223 g/mol. The molecule has 2 aliphatic rings. The van der Waals surface area contributed by atoms with Crippen LogP contribution in [0, 0.1) is 0 Å². The molecule has 1 aromatic carbocycles. The molecule has 0 radical (unpaired) electrons. The van der Waals surface area contributed by atoms with E-state index in [1.165, 1.54) is 6.42 Å². The molecule has 3 atom stereocenters. The largest absolute Gasteiger partial charge is 0.243 e. The second kappa shape index (κ2) is 3.06. The molecule has 0 bridgehead atoms. The summed E-state index contributed by atoms with van der Waals surface area (Å²) in [5.41, 5.74) is 0. The van der Waals surface area contributed by atoms with Crippen molar-refractivity contribution in [2.24, 2.45) is 0 Å². The van der Waals surface area contributed by atoms with Crippen LogP contribution in [0.4, 0.5) is 0 Å². The van der Waals surface area contributed by atoms with Crippen LogP contribution in [-0.2, 0) is 10.0 Å². The van der Waals surface area contributed by atoms with Crippen molar-refractivity contribution < 1.29 is 8.42 Å². The van der Waals surface area contributed by atoms with Gasteiger partial charge >= 0.3 is 0 Å². The van der Waals surface area contributed by atoms with Gasteiger partial charge in [-0.3, -0.25) is 0 Å². The van der Waals surface area contributed by atoms with Crippen molar-refractivity contribution in [3.8, 4) is 0 Å². The number of fused-ring (bicyclic) bond motifs is 1. The molecule has 0 spiro atoms. The monoisotopic (exact) mass is 223 g/mol. The van der Waals surface area contributed by atoms with Gasteiger partial charge in [-0.2, -0.15) is 4.31 Å². The van der Waals surface area contributed by atoms with Crippen molar-refractivity contribution >= 4 is 10.0 Å². The molecule has 2 fully saturated rings. The van der Waals surface area contributed by atoms with E-state index in [1.807, 2.05) is 6.07 Å². The first-order valence-electron chi connectivity index (χ1n) is 5.30. The lowest BCUT2D eigenvalue weighted by Crippen LogP contribution is -2.17. The molecule has 1 aliphatic heterocycles. The van der Waals surface area contributed by atoms with E-state index in [0.29, 0.717) is 17.0 Å². The van der Waals surface area contributed by atoms with E-state index in [1.54, 1.807) is 28.6 Å². The van der Waals surface area contributed by atoms with Gasteiger partial charge in [0.2, 0.25) is 10.0 Å². The van der Waals surface area contributed by atoms with Crippen LogP contribution in [0.25, 0.3) is 0 Å². The van der Waals surface area contributed by atoms with Crippen molar-refractivity contribution in [1.82, 2.24) is 4.31 Å². The molecule has 0 aromatic heterocycles. The number of hydrogen-bond donors (Lipinski definition) is 0. The quantitative estimate of drug-likeness (QED) is 0.714. The topological polar surface area (TPSA) is 37.1 Å². The Hall–Kier alpha value is -0.870. The minimum atomic E-state index is -3.19. The van der Waals surface area contributed by atoms with E-state index in [0.717, 1.165) is 12.8 Å². The van der Waals surface area contributed by atoms with Crippen LogP contribution in [0.2, 0.25) is 0 Å². The first kappa shape index (κ1) is 9.36. The Kier molecular flexibility index (Phi) is 1.91. The standard InChI is InChI=1S/C11H13NO2S/c13-15(14,9-5-2-1-3-6-9)12-10-7-4-8-11(10)12/h1-3,5-6,10-11H,4,7-8H2/t10-,11+,12?. The molecule has 0 N–H and O–H groups in total. The Morgan fingerprint density at radius 2 is 1.67 bits per heavy atom. The van der Waals surface area contributed by atoms with Crippen LogP contribution in [0.3, 0.4) is 0 Å². The third-order valence-electron chi connectivity index (χ3n) is 3.33. The van der Waals surface area contributed by atoms with Gasteiger partial charge in [0, 0.05) is 12.1 Å². The van der Waals surface area contributed by atoms with Crippen molar-refractivity contribution in [3.05, 3.63) is 30.3 Å². The Bertz CT molecular complexity index is 459. The molecular formula is C11H13NO2S. The summed E-state index contributed by atoms with van der Waals surface area (Å²) in [7, 11) is -3.19. The predicted octanol–water partition coefficient (Wildman–Crippen LogP) is 1.61. The Morgan fingerprint density at radius 1 is 1.07 bits per heavy atom. The second-order valence-electron chi connectivity index (χ2n) is 4.21. The van der Waals surface area contributed by atoms with Crippen LogP contribution >= 0.6 is 0 Å². The fourth-order valence-electron chi connectivity index (χ4n) is 2.56. The van der Waals surface area contributed by atoms with Gasteiger partial charge in [-0.15, -0.1) is 0 Å². The molecule has 3 rings (SSSR count). The number of hydrogen-bond acceptors (Lipinski definition) is 2. The molecule has 1 aromatic rings. The highest BCUT2D eigenvalue weighted by Gasteiger charge is 2.57. The lowest BCUT2D eigenvalue weighted by Gasteiger charge is -2.08. The van der Waals surface area contributed by atoms with Crippen LogP contribution in [0.15, 0.2) is 35.2 Å². The van der Waals surface area contributed by atoms with Crippen LogP contribution < -0.4 is 0 Å². The minimum Gasteiger partial charge on any atom is -0.207 e. The van der Waals surface area contributed by atoms with Gasteiger partial charge in [0.15, 0.2) is 0 Å². The lowest BCUT2D eigenvalue weighted by atomic mass is 10.3. The average Bonchev–Trinajstić information content (AvgIpc) is 2.77. The summed E-state index contributed by atoms with van der Waals surface area (Å²) in [5.74, 6) is 0. The molecule has 80 valence electrons. The SMILES string of the molecule is O=S(=O)(c1ccccc1)N1[C@@H]2CCC[C@@H]21. The summed E-state index contributed by atoms with van der Waals surface area (Å²) in [6.45, 7) is 0. The molecular weight excluding hydrogens is 210 g/mol. The van der Waals surface area contributed by atoms with Crippen molar-refractivity contribution in [2.45, 2.75) is 36.2 Å². The lowest BCUT2D eigenvalue weighted by molar-refractivity contribution is 0.517. The fourth-order valence-corrected chi connectivity index (χ4v) is 4.45. The maximum Gasteiger partial charge on any atom is 0.243 e. The summed E-state index contributed by atoms with van der Waals surface area (Å²) in [6.07, 6.45) is 3.25. The maximum atomic E-state index is 12.1. The summed E-state index contributed by atoms with van der Waals surface area (Å²) >= 11 is 0. The summed E-state index contributed by atoms with van der Waals surface area (Å²) in [5, 5.41) is 0. The van der Waals surface area contributed by atoms with Gasteiger partial charge in [0.05, 0.1) is 4.90 Å². The molecule has 1 saturated heterocycles. The fraction of sp³-hybridized carbons (Fsp3) is 0.455. The molecule has 3 nitrogen and oxygen atoms in total. The third kappa shape index (κ3) is 1.32. The summed E-state index contributed by atoms with van der Waals surface area (Å²) < 4.78 is 25.9. The predicted molar refractivity (Wildman–Crippen MR) is 56.9 cm³/mol. The van der Waals surface area contributed by atoms with E-state index in [9.17, 15) is 8.42 Å². The van der Waals surface area contributed by atoms with Crippen LogP contribution in [0.1, 0.15) is 19.3 Å². The molecule has 1 aliphatic carbocycles. The highest BCUT2D eigenvalue weighted by atomic mass is 32.2. The van der Waals surface area contributed by atoms with Crippen molar-refractivity contribution in [2.75, 3.05) is 0 Å². The minimum absolute atomic E-state index is 0.301. The molecule has 1 saturated carbocycles. The Balaban J connectivity index is 1.93. The molecule has 1 unspecified atom stereocenters. The molecule has 0 amide bonds. The van der Waals surface area contributed by atoms with Crippen molar-refractivity contribution in [1.29, 1.82) is 0 Å². The zero-order valence-electron chi connectivity index (χ0n) is 8.33. The van der Waals surface area contributed by atoms with E-state index in [2.05, 4.69) is 0 Å². The Labute approximate surface area is 89.8 Å². The van der Waals surface area contributed by atoms with Gasteiger partial charge in [-0.25, -0.2) is 8.42 Å². The Morgan fingerprint density at radius 3 is 2.27 bits per heavy atom. The van der Waals surface area contributed by atoms with Crippen LogP contribution in [-0.4, -0.2) is 24.8 Å². The normalized spacial score (nSPS) is 33.7. The second-order valence-corrected chi connectivity index (χ2v) is 6.06. The first-order chi connectivity index (χ1) is 7.21. The number of nitrogens with zero attached hydrogens (tertiary/aromatic N) is 1. The van der Waals surface area contributed by atoms with Gasteiger partial charge in [-0.1, -0.05) is 24.6 Å². The van der Waals surface area contributed by atoms with Crippen LogP contribution in [0.5, 0.6) is 0 Å². The van der Waals surface area contributed by atoms with E-state index < -0.39 is 10.0 Å². The smallest absolute Gasteiger partial charge is 0.207 e. The van der Waals surface area contributed by atoms with Gasteiger partial charge in [-0.05, 0) is 25.0 Å². The van der Waals surface area contributed by atoms with Gasteiger partial charge in [0.1, 0.15) is 0 Å². The highest BCUT2D eigenvalue weighted by molar-refractivity contribution is 7.89. The number of piperidine rings is 1. The van der Waals surface area contributed by atoms with E-state index in [4.69, 9.17) is 0 Å². The third-order valence-corrected chi connectivity index (χ3v) is 5.29.